The van der Waals surface area contributed by atoms with Crippen LogP contribution >= 0.6 is 11.8 Å². The number of benzene rings is 1. The average molecular weight is 321 g/mol. The van der Waals surface area contributed by atoms with E-state index < -0.39 is 11.7 Å². The molecule has 118 valence electrons. The van der Waals surface area contributed by atoms with Crippen LogP contribution in [-0.4, -0.2) is 38.8 Å². The van der Waals surface area contributed by atoms with Gasteiger partial charge in [-0.1, -0.05) is 18.6 Å². The molecule has 1 aliphatic carbocycles. The van der Waals surface area contributed by atoms with E-state index in [2.05, 4.69) is 0 Å². The molecule has 0 amide bonds. The molecule has 1 saturated carbocycles. The van der Waals surface area contributed by atoms with Gasteiger partial charge in [-0.15, -0.1) is 0 Å². The van der Waals surface area contributed by atoms with E-state index in [1.54, 1.807) is 36.0 Å². The van der Waals surface area contributed by atoms with Crippen LogP contribution in [-0.2, 0) is 16.0 Å². The molecule has 0 unspecified atom stereocenters. The van der Waals surface area contributed by atoms with Gasteiger partial charge in [0.2, 0.25) is 0 Å². The maximum absolute atomic E-state index is 12.8. The van der Waals surface area contributed by atoms with Crippen molar-refractivity contribution in [1.29, 1.82) is 0 Å². The van der Waals surface area contributed by atoms with Crippen LogP contribution in [0, 0.1) is 5.21 Å². The van der Waals surface area contributed by atoms with Gasteiger partial charge < -0.3 is 15.1 Å². The van der Waals surface area contributed by atoms with Gasteiger partial charge in [0.05, 0.1) is 12.8 Å². The van der Waals surface area contributed by atoms with Crippen molar-refractivity contribution in [3.8, 4) is 5.75 Å². The summed E-state index contributed by atoms with van der Waals surface area (Å²) in [6.07, 6.45) is 5.62. The molecule has 0 saturated heterocycles. The van der Waals surface area contributed by atoms with Gasteiger partial charge in [0, 0.05) is 0 Å². The highest BCUT2D eigenvalue weighted by atomic mass is 32.2. The molecule has 1 aromatic carbocycles. The fourth-order valence-corrected chi connectivity index (χ4v) is 4.30. The zero-order valence-electron chi connectivity index (χ0n) is 12.4. The number of hydroxylamine groups is 1. The van der Waals surface area contributed by atoms with E-state index in [1.807, 2.05) is 6.26 Å². The molecular formula is C16H19NO4S. The van der Waals surface area contributed by atoms with Crippen LogP contribution in [0.2, 0.25) is 0 Å². The minimum atomic E-state index is -1.03. The number of esters is 1. The fourth-order valence-electron chi connectivity index (χ4n) is 3.27. The summed E-state index contributed by atoms with van der Waals surface area (Å²) in [6.45, 7) is 0. The second-order valence-electron chi connectivity index (χ2n) is 5.79. The van der Waals surface area contributed by atoms with E-state index in [1.165, 1.54) is 0 Å². The Kier molecular flexibility index (Phi) is 4.04. The number of thioether (sulfide) groups is 1. The molecule has 6 heteroatoms. The molecule has 1 spiro atoms. The topological polar surface area (TPSA) is 72.6 Å². The molecule has 5 nitrogen and oxygen atoms in total. The highest BCUT2D eigenvalue weighted by Crippen LogP contribution is 2.41. The number of ether oxygens (including phenoxy) is 1. The Morgan fingerprint density at radius 3 is 2.82 bits per heavy atom. The van der Waals surface area contributed by atoms with Crippen molar-refractivity contribution < 1.29 is 19.4 Å². The van der Waals surface area contributed by atoms with Crippen molar-refractivity contribution >= 4 is 23.4 Å². The first-order valence-corrected chi connectivity index (χ1v) is 8.73. The third-order valence-corrected chi connectivity index (χ3v) is 5.61. The SMILES string of the molecule is CS[C@@H]1CCCC[C@]12OC(=O)C(Cc1ccc(O)cc1)=[N+]2[O-]. The summed E-state index contributed by atoms with van der Waals surface area (Å²) in [7, 11) is 0. The summed E-state index contributed by atoms with van der Waals surface area (Å²) in [6, 6.07) is 6.52. The van der Waals surface area contributed by atoms with E-state index in [4.69, 9.17) is 4.74 Å². The number of nitrogens with zero attached hydrogens (tertiary/aromatic N) is 1. The Labute approximate surface area is 133 Å². The minimum Gasteiger partial charge on any atom is -0.620 e. The summed E-state index contributed by atoms with van der Waals surface area (Å²) in [5.74, 6) is -0.350. The lowest BCUT2D eigenvalue weighted by Gasteiger charge is -2.35. The van der Waals surface area contributed by atoms with Crippen LogP contribution in [0.1, 0.15) is 31.2 Å². The van der Waals surface area contributed by atoms with E-state index >= 15 is 0 Å². The molecule has 0 radical (unpaired) electrons. The lowest BCUT2D eigenvalue weighted by molar-refractivity contribution is -0.593. The molecule has 0 aromatic heterocycles. The summed E-state index contributed by atoms with van der Waals surface area (Å²) in [4.78, 5) is 12.2. The third kappa shape index (κ3) is 2.45. The molecule has 2 aliphatic rings. The number of phenols is 1. The van der Waals surface area contributed by atoms with Crippen molar-refractivity contribution in [2.45, 2.75) is 43.1 Å². The largest absolute Gasteiger partial charge is 0.620 e. The zero-order chi connectivity index (χ0) is 15.7. The lowest BCUT2D eigenvalue weighted by atomic mass is 9.91. The van der Waals surface area contributed by atoms with Gasteiger partial charge in [0.15, 0.2) is 0 Å². The number of phenolic OH excluding ortho intramolecular Hbond substituents is 1. The van der Waals surface area contributed by atoms with Crippen LogP contribution in [0.25, 0.3) is 0 Å². The normalized spacial score (nSPS) is 28.2. The van der Waals surface area contributed by atoms with Crippen LogP contribution in [0.5, 0.6) is 5.75 Å². The molecule has 1 N–H and O–H groups in total. The van der Waals surface area contributed by atoms with Crippen molar-refractivity contribution in [3.63, 3.8) is 0 Å². The maximum atomic E-state index is 12.8. The number of rotatable bonds is 3. The van der Waals surface area contributed by atoms with E-state index in [-0.39, 0.29) is 23.1 Å². The van der Waals surface area contributed by atoms with E-state index in [9.17, 15) is 15.1 Å². The molecule has 1 heterocycles. The van der Waals surface area contributed by atoms with Gasteiger partial charge in [0.25, 0.3) is 5.71 Å². The highest BCUT2D eigenvalue weighted by Gasteiger charge is 2.58. The smallest absolute Gasteiger partial charge is 0.405 e. The summed E-state index contributed by atoms with van der Waals surface area (Å²) in [5, 5.41) is 22.1. The summed E-state index contributed by atoms with van der Waals surface area (Å²) in [5.41, 5.74) is -0.0631. The average Bonchev–Trinajstić information content (AvgIpc) is 2.75. The highest BCUT2D eigenvalue weighted by molar-refractivity contribution is 7.99. The molecule has 2 atom stereocenters. The van der Waals surface area contributed by atoms with Crippen LogP contribution in [0.4, 0.5) is 0 Å². The maximum Gasteiger partial charge on any atom is 0.405 e. The molecule has 22 heavy (non-hydrogen) atoms. The zero-order valence-corrected chi connectivity index (χ0v) is 13.3. The predicted octanol–water partition coefficient (Wildman–Crippen LogP) is 2.44. The van der Waals surface area contributed by atoms with Gasteiger partial charge in [0.1, 0.15) is 11.0 Å². The van der Waals surface area contributed by atoms with Gasteiger partial charge in [-0.2, -0.15) is 16.5 Å². The number of hydrogen-bond acceptors (Lipinski definition) is 5. The Hall–Kier alpha value is -1.69. The second-order valence-corrected chi connectivity index (χ2v) is 6.83. The monoisotopic (exact) mass is 321 g/mol. The molecular weight excluding hydrogens is 302 g/mol. The molecule has 1 aromatic rings. The molecule has 3 rings (SSSR count). The van der Waals surface area contributed by atoms with Crippen LogP contribution < -0.4 is 0 Å². The quantitative estimate of drug-likeness (QED) is 0.526. The van der Waals surface area contributed by atoms with E-state index in [0.29, 0.717) is 6.42 Å². The Balaban J connectivity index is 1.92. The standard InChI is InChI=1S/C16H19NO4S/c1-22-14-4-2-3-9-16(14)17(20)13(15(19)21-16)10-11-5-7-12(18)8-6-11/h5-8,14,18H,2-4,9-10H2,1H3/t14-,16+/m1/s1. The number of aromatic hydroxyl groups is 1. The van der Waals surface area contributed by atoms with Crippen LogP contribution in [0.3, 0.4) is 0 Å². The van der Waals surface area contributed by atoms with Gasteiger partial charge in [-0.05, 0) is 36.8 Å². The third-order valence-electron chi connectivity index (χ3n) is 4.44. The van der Waals surface area contributed by atoms with Gasteiger partial charge in [-0.3, -0.25) is 0 Å². The first-order chi connectivity index (χ1) is 10.6. The van der Waals surface area contributed by atoms with Gasteiger partial charge in [-0.25, -0.2) is 4.79 Å². The van der Waals surface area contributed by atoms with Gasteiger partial charge >= 0.3 is 11.7 Å². The first-order valence-electron chi connectivity index (χ1n) is 7.44. The van der Waals surface area contributed by atoms with Crippen LogP contribution in [0.15, 0.2) is 24.3 Å². The summed E-state index contributed by atoms with van der Waals surface area (Å²) >= 11 is 1.59. The lowest BCUT2D eigenvalue weighted by Crippen LogP contribution is -2.50. The number of carbonyl (C=O) groups excluding carboxylic acids is 1. The first kappa shape index (κ1) is 15.2. The Morgan fingerprint density at radius 2 is 2.14 bits per heavy atom. The minimum absolute atomic E-state index is 0.0139. The molecule has 1 aliphatic heterocycles. The summed E-state index contributed by atoms with van der Waals surface area (Å²) < 4.78 is 6.40. The van der Waals surface area contributed by atoms with Crippen molar-refractivity contribution in [1.82, 2.24) is 0 Å². The van der Waals surface area contributed by atoms with Crippen molar-refractivity contribution in [2.75, 3.05) is 6.26 Å². The van der Waals surface area contributed by atoms with Crippen molar-refractivity contribution in [3.05, 3.63) is 35.0 Å². The Morgan fingerprint density at radius 1 is 1.41 bits per heavy atom. The Bertz CT molecular complexity index is 613. The predicted molar refractivity (Wildman–Crippen MR) is 85.0 cm³/mol. The van der Waals surface area contributed by atoms with E-state index in [0.717, 1.165) is 29.6 Å². The van der Waals surface area contributed by atoms with Crippen molar-refractivity contribution in [2.24, 2.45) is 0 Å². The second kappa shape index (κ2) is 5.83. The number of hydrogen-bond donors (Lipinski definition) is 1. The fraction of sp³-hybridized carbons (Fsp3) is 0.500. The molecule has 0 bridgehead atoms. The number of carbonyl (C=O) groups is 1. The molecule has 1 fully saturated rings.